The lowest BCUT2D eigenvalue weighted by atomic mass is 9.84. The molecule has 1 atom stereocenters. The Hall–Kier alpha value is -2.49. The summed E-state index contributed by atoms with van der Waals surface area (Å²) in [5.74, 6) is 0.849. The number of hydrogen-bond acceptors (Lipinski definition) is 4. The summed E-state index contributed by atoms with van der Waals surface area (Å²) >= 11 is 0. The summed E-state index contributed by atoms with van der Waals surface area (Å²) in [6.45, 7) is 0.160. The molecule has 2 heterocycles. The number of carbonyl (C=O) groups excluding carboxylic acids is 1. The molecule has 0 fully saturated rings. The molecule has 5 rings (SSSR count). The van der Waals surface area contributed by atoms with Gasteiger partial charge in [0.25, 0.3) is 0 Å². The molecular weight excluding hydrogens is 280 g/mol. The Balaban J connectivity index is 1.66. The van der Waals surface area contributed by atoms with E-state index in [1.165, 1.54) is 5.56 Å². The molecular formula is C18H14O4. The van der Waals surface area contributed by atoms with Crippen molar-refractivity contribution < 1.29 is 19.0 Å². The first kappa shape index (κ1) is 12.1. The van der Waals surface area contributed by atoms with Crippen molar-refractivity contribution in [2.75, 3.05) is 6.79 Å². The third-order valence-corrected chi connectivity index (χ3v) is 4.90. The second-order valence-corrected chi connectivity index (χ2v) is 6.05. The molecule has 4 nitrogen and oxygen atoms in total. The molecule has 1 unspecified atom stereocenters. The van der Waals surface area contributed by atoms with Crippen LogP contribution < -0.4 is 9.47 Å². The van der Waals surface area contributed by atoms with E-state index in [-0.39, 0.29) is 12.8 Å². The Morgan fingerprint density at radius 3 is 2.86 bits per heavy atom. The maximum atomic E-state index is 12.7. The highest BCUT2D eigenvalue weighted by molar-refractivity contribution is 5.97. The second kappa shape index (κ2) is 4.03. The average molecular weight is 294 g/mol. The summed E-state index contributed by atoms with van der Waals surface area (Å²) in [5, 5.41) is 0. The van der Waals surface area contributed by atoms with Gasteiger partial charge in [-0.15, -0.1) is 0 Å². The Labute approximate surface area is 127 Å². The van der Waals surface area contributed by atoms with Crippen LogP contribution in [0.4, 0.5) is 0 Å². The van der Waals surface area contributed by atoms with Crippen LogP contribution in [0.3, 0.4) is 0 Å². The third kappa shape index (κ3) is 1.44. The zero-order valence-corrected chi connectivity index (χ0v) is 11.9. The van der Waals surface area contributed by atoms with Gasteiger partial charge in [-0.3, -0.25) is 0 Å². The Bertz CT molecular complexity index is 811. The van der Waals surface area contributed by atoms with Crippen molar-refractivity contribution in [3.05, 3.63) is 58.7 Å². The molecule has 0 aromatic heterocycles. The topological polar surface area (TPSA) is 44.8 Å². The highest BCUT2D eigenvalue weighted by Crippen LogP contribution is 2.49. The van der Waals surface area contributed by atoms with Crippen LogP contribution in [0, 0.1) is 0 Å². The molecule has 2 aliphatic heterocycles. The first-order valence-corrected chi connectivity index (χ1v) is 7.50. The van der Waals surface area contributed by atoms with Gasteiger partial charge in [-0.2, -0.15) is 0 Å². The van der Waals surface area contributed by atoms with Crippen LogP contribution in [0.25, 0.3) is 0 Å². The first-order valence-electron chi connectivity index (χ1n) is 7.50. The van der Waals surface area contributed by atoms with E-state index in [4.69, 9.17) is 14.2 Å². The molecule has 110 valence electrons. The lowest BCUT2D eigenvalue weighted by molar-refractivity contribution is -0.0275. The lowest BCUT2D eigenvalue weighted by Crippen LogP contribution is -2.37. The zero-order chi connectivity index (χ0) is 14.7. The fourth-order valence-corrected chi connectivity index (χ4v) is 3.90. The summed E-state index contributed by atoms with van der Waals surface area (Å²) in [6, 6.07) is 12.1. The van der Waals surface area contributed by atoms with Crippen LogP contribution in [0.5, 0.6) is 11.5 Å². The van der Waals surface area contributed by atoms with Crippen LogP contribution >= 0.6 is 0 Å². The molecule has 0 N–H and O–H groups in total. The van der Waals surface area contributed by atoms with E-state index in [1.807, 2.05) is 24.3 Å². The number of ether oxygens (including phenoxy) is 3. The van der Waals surface area contributed by atoms with Crippen molar-refractivity contribution in [1.82, 2.24) is 0 Å². The van der Waals surface area contributed by atoms with E-state index in [2.05, 4.69) is 12.1 Å². The Kier molecular flexibility index (Phi) is 2.22. The van der Waals surface area contributed by atoms with Crippen LogP contribution in [-0.4, -0.2) is 12.8 Å². The fourth-order valence-electron chi connectivity index (χ4n) is 3.90. The summed E-state index contributed by atoms with van der Waals surface area (Å²) < 4.78 is 16.8. The van der Waals surface area contributed by atoms with Gasteiger partial charge < -0.3 is 14.2 Å². The standard InChI is InChI=1S/C18H14O4/c19-17-15-12(5-6-14-16(15)21-10-20-14)9-18(22-17)8-7-11-3-1-2-4-13(11)18/h1-6H,7-10H2. The molecule has 2 aromatic rings. The summed E-state index contributed by atoms with van der Waals surface area (Å²) in [6.07, 6.45) is 2.48. The Morgan fingerprint density at radius 1 is 1.00 bits per heavy atom. The number of fused-ring (bicyclic) bond motifs is 5. The van der Waals surface area contributed by atoms with Crippen molar-refractivity contribution in [2.45, 2.75) is 24.9 Å². The van der Waals surface area contributed by atoms with Gasteiger partial charge in [-0.05, 0) is 35.6 Å². The number of aryl methyl sites for hydroxylation is 1. The molecule has 0 amide bonds. The fraction of sp³-hybridized carbons (Fsp3) is 0.278. The molecule has 0 bridgehead atoms. The maximum Gasteiger partial charge on any atom is 0.343 e. The SMILES string of the molecule is O=C1OC2(CCc3ccccc32)Cc2ccc3c(c21)OCO3. The van der Waals surface area contributed by atoms with Crippen molar-refractivity contribution in [1.29, 1.82) is 0 Å². The first-order chi connectivity index (χ1) is 10.8. The molecule has 4 heteroatoms. The van der Waals surface area contributed by atoms with Gasteiger partial charge in [0.15, 0.2) is 11.5 Å². The minimum atomic E-state index is -0.519. The van der Waals surface area contributed by atoms with Crippen molar-refractivity contribution in [3.63, 3.8) is 0 Å². The number of hydrogen-bond donors (Lipinski definition) is 0. The summed E-state index contributed by atoms with van der Waals surface area (Å²) in [5.41, 5.74) is 3.42. The van der Waals surface area contributed by atoms with E-state index in [1.54, 1.807) is 0 Å². The highest BCUT2D eigenvalue weighted by Gasteiger charge is 2.47. The maximum absolute atomic E-state index is 12.7. The van der Waals surface area contributed by atoms with E-state index in [0.29, 0.717) is 23.5 Å². The quantitative estimate of drug-likeness (QED) is 0.701. The van der Waals surface area contributed by atoms with Crippen molar-refractivity contribution >= 4 is 5.97 Å². The second-order valence-electron chi connectivity index (χ2n) is 6.05. The molecule has 1 aliphatic carbocycles. The largest absolute Gasteiger partial charge is 0.454 e. The monoisotopic (exact) mass is 294 g/mol. The average Bonchev–Trinajstić information content (AvgIpc) is 3.13. The van der Waals surface area contributed by atoms with Gasteiger partial charge in [0.1, 0.15) is 11.2 Å². The van der Waals surface area contributed by atoms with Crippen LogP contribution in [0.2, 0.25) is 0 Å². The molecule has 3 aliphatic rings. The smallest absolute Gasteiger partial charge is 0.343 e. The van der Waals surface area contributed by atoms with E-state index >= 15 is 0 Å². The predicted octanol–water partition coefficient (Wildman–Crippen LogP) is 2.97. The van der Waals surface area contributed by atoms with E-state index in [9.17, 15) is 4.79 Å². The lowest BCUT2D eigenvalue weighted by Gasteiger charge is -2.35. The molecule has 1 spiro atoms. The molecule has 22 heavy (non-hydrogen) atoms. The van der Waals surface area contributed by atoms with Gasteiger partial charge in [0, 0.05) is 6.42 Å². The number of rotatable bonds is 0. The van der Waals surface area contributed by atoms with Gasteiger partial charge in [0.2, 0.25) is 6.79 Å². The predicted molar refractivity (Wildman–Crippen MR) is 78.1 cm³/mol. The minimum Gasteiger partial charge on any atom is -0.454 e. The molecule has 0 saturated carbocycles. The van der Waals surface area contributed by atoms with E-state index in [0.717, 1.165) is 24.0 Å². The zero-order valence-electron chi connectivity index (χ0n) is 11.9. The van der Waals surface area contributed by atoms with Crippen LogP contribution in [0.1, 0.15) is 33.5 Å². The molecule has 2 aromatic carbocycles. The highest BCUT2D eigenvalue weighted by atomic mass is 16.7. The van der Waals surface area contributed by atoms with E-state index < -0.39 is 5.60 Å². The number of esters is 1. The molecule has 0 radical (unpaired) electrons. The Morgan fingerprint density at radius 2 is 1.91 bits per heavy atom. The van der Waals surface area contributed by atoms with Crippen molar-refractivity contribution in [3.8, 4) is 11.5 Å². The molecule has 0 saturated heterocycles. The van der Waals surface area contributed by atoms with Crippen molar-refractivity contribution in [2.24, 2.45) is 0 Å². The van der Waals surface area contributed by atoms with Gasteiger partial charge >= 0.3 is 5.97 Å². The normalized spacial score (nSPS) is 24.1. The van der Waals surface area contributed by atoms with Gasteiger partial charge in [-0.25, -0.2) is 4.79 Å². The summed E-state index contributed by atoms with van der Waals surface area (Å²) in [4.78, 5) is 12.7. The van der Waals surface area contributed by atoms with Gasteiger partial charge in [-0.1, -0.05) is 30.3 Å². The van der Waals surface area contributed by atoms with Gasteiger partial charge in [0.05, 0.1) is 0 Å². The van der Waals surface area contributed by atoms with Crippen LogP contribution in [0.15, 0.2) is 36.4 Å². The third-order valence-electron chi connectivity index (χ3n) is 4.90. The van der Waals surface area contributed by atoms with Crippen LogP contribution in [-0.2, 0) is 23.2 Å². The minimum absolute atomic E-state index is 0.160. The number of benzene rings is 2. The summed E-state index contributed by atoms with van der Waals surface area (Å²) in [7, 11) is 0. The number of carbonyl (C=O) groups is 1.